The third-order valence-corrected chi connectivity index (χ3v) is 3.51. The van der Waals surface area contributed by atoms with Crippen molar-refractivity contribution in [3.63, 3.8) is 0 Å². The van der Waals surface area contributed by atoms with Crippen molar-refractivity contribution in [2.75, 3.05) is 0 Å². The summed E-state index contributed by atoms with van der Waals surface area (Å²) < 4.78 is 5.22. The molecule has 1 fully saturated rings. The topological polar surface area (TPSA) is 71.2 Å². The quantitative estimate of drug-likeness (QED) is 0.814. The van der Waals surface area contributed by atoms with Gasteiger partial charge in [0.25, 0.3) is 0 Å². The highest BCUT2D eigenvalue weighted by molar-refractivity contribution is 5.88. The Kier molecular flexibility index (Phi) is 3.18. The van der Waals surface area contributed by atoms with Gasteiger partial charge in [-0.25, -0.2) is 4.79 Å². The van der Waals surface area contributed by atoms with Crippen LogP contribution in [0.3, 0.4) is 0 Å². The number of benzene rings is 1. The first-order valence-electron chi connectivity index (χ1n) is 6.68. The lowest BCUT2D eigenvalue weighted by atomic mass is 10.1. The number of hydrogen-bond donors (Lipinski definition) is 2. The molecule has 1 amide bonds. The summed E-state index contributed by atoms with van der Waals surface area (Å²) in [5, 5.41) is 3.80. The number of rotatable bonds is 2. The molecule has 1 aliphatic heterocycles. The molecule has 1 saturated heterocycles. The van der Waals surface area contributed by atoms with E-state index in [2.05, 4.69) is 10.3 Å². The van der Waals surface area contributed by atoms with Crippen molar-refractivity contribution >= 4 is 22.8 Å². The number of aromatic amines is 1. The summed E-state index contributed by atoms with van der Waals surface area (Å²) in [5.41, 5.74) is 2.02. The molecule has 104 valence electrons. The molecule has 5 nitrogen and oxygen atoms in total. The summed E-state index contributed by atoms with van der Waals surface area (Å²) in [6.07, 6.45) is 2.16. The molecule has 2 aromatic rings. The van der Waals surface area contributed by atoms with Gasteiger partial charge in [-0.15, -0.1) is 0 Å². The number of fused-ring (bicyclic) bond motifs is 1. The maximum Gasteiger partial charge on any atom is 0.329 e. The monoisotopic (exact) mass is 272 g/mol. The second-order valence-corrected chi connectivity index (χ2v) is 5.14. The number of ether oxygens (including phenoxy) is 1. The van der Waals surface area contributed by atoms with Gasteiger partial charge < -0.3 is 15.0 Å². The van der Waals surface area contributed by atoms with Crippen molar-refractivity contribution in [3.05, 3.63) is 36.0 Å². The van der Waals surface area contributed by atoms with Crippen molar-refractivity contribution in [1.82, 2.24) is 10.3 Å². The van der Waals surface area contributed by atoms with Crippen molar-refractivity contribution in [3.8, 4) is 0 Å². The lowest BCUT2D eigenvalue weighted by Crippen LogP contribution is -2.40. The second kappa shape index (κ2) is 5.00. The fourth-order valence-corrected chi connectivity index (χ4v) is 2.55. The van der Waals surface area contributed by atoms with Gasteiger partial charge in [-0.3, -0.25) is 4.79 Å². The van der Waals surface area contributed by atoms with Gasteiger partial charge in [0.1, 0.15) is 12.1 Å². The zero-order valence-electron chi connectivity index (χ0n) is 11.2. The van der Waals surface area contributed by atoms with Gasteiger partial charge in [0, 0.05) is 23.5 Å². The molecule has 0 bridgehead atoms. The van der Waals surface area contributed by atoms with E-state index >= 15 is 0 Å². The predicted molar refractivity (Wildman–Crippen MR) is 74.1 cm³/mol. The Morgan fingerprint density at radius 1 is 1.30 bits per heavy atom. The van der Waals surface area contributed by atoms with Crippen LogP contribution in [-0.4, -0.2) is 29.0 Å². The number of para-hydroxylation sites is 1. The number of aromatic nitrogens is 1. The molecule has 0 spiro atoms. The number of esters is 1. The normalized spacial score (nSPS) is 23.2. The van der Waals surface area contributed by atoms with Crippen molar-refractivity contribution < 1.29 is 14.3 Å². The van der Waals surface area contributed by atoms with E-state index in [4.69, 9.17) is 4.74 Å². The van der Waals surface area contributed by atoms with Gasteiger partial charge in [-0.1, -0.05) is 18.2 Å². The largest absolute Gasteiger partial charge is 0.461 e. The minimum Gasteiger partial charge on any atom is -0.461 e. The smallest absolute Gasteiger partial charge is 0.329 e. The molecule has 3 rings (SSSR count). The van der Waals surface area contributed by atoms with Crippen LogP contribution in [0.15, 0.2) is 30.5 Å². The number of cyclic esters (lactones) is 1. The Hall–Kier alpha value is -2.30. The molecule has 2 heterocycles. The molecule has 2 unspecified atom stereocenters. The molecule has 0 radical (unpaired) electrons. The van der Waals surface area contributed by atoms with Crippen LogP contribution < -0.4 is 5.32 Å². The van der Waals surface area contributed by atoms with Gasteiger partial charge in [-0.05, 0) is 18.6 Å². The minimum atomic E-state index is -0.619. The van der Waals surface area contributed by atoms with Crippen LogP contribution in [-0.2, 0) is 20.7 Å². The van der Waals surface area contributed by atoms with Crippen LogP contribution in [0.5, 0.6) is 0 Å². The van der Waals surface area contributed by atoms with Crippen LogP contribution in [0, 0.1) is 0 Å². The Labute approximate surface area is 116 Å². The predicted octanol–water partition coefficient (Wildman–Crippen LogP) is 1.53. The molecule has 2 atom stereocenters. The third kappa shape index (κ3) is 2.39. The Bertz CT molecular complexity index is 662. The summed E-state index contributed by atoms with van der Waals surface area (Å²) in [4.78, 5) is 26.8. The molecule has 0 saturated carbocycles. The van der Waals surface area contributed by atoms with Gasteiger partial charge in [0.15, 0.2) is 0 Å². The van der Waals surface area contributed by atoms with E-state index in [0.717, 1.165) is 16.5 Å². The molecular formula is C15H16N2O3. The van der Waals surface area contributed by atoms with E-state index in [1.165, 1.54) is 0 Å². The Morgan fingerprint density at radius 3 is 2.95 bits per heavy atom. The van der Waals surface area contributed by atoms with Crippen LogP contribution in [0.4, 0.5) is 0 Å². The third-order valence-electron chi connectivity index (χ3n) is 3.51. The number of amides is 1. The van der Waals surface area contributed by atoms with Crippen LogP contribution in [0.25, 0.3) is 10.9 Å². The highest BCUT2D eigenvalue weighted by atomic mass is 16.5. The zero-order chi connectivity index (χ0) is 14.1. The number of hydrogen-bond acceptors (Lipinski definition) is 3. The maximum absolute atomic E-state index is 12.0. The number of carbonyl (C=O) groups excluding carboxylic acids is 2. The molecule has 2 N–H and O–H groups in total. The van der Waals surface area contributed by atoms with Gasteiger partial charge in [0.2, 0.25) is 5.91 Å². The lowest BCUT2D eigenvalue weighted by Gasteiger charge is -2.13. The van der Waals surface area contributed by atoms with E-state index in [0.29, 0.717) is 6.42 Å². The minimum absolute atomic E-state index is 0.145. The molecule has 1 aromatic carbocycles. The van der Waals surface area contributed by atoms with Crippen molar-refractivity contribution in [2.45, 2.75) is 31.9 Å². The molecule has 1 aromatic heterocycles. The summed E-state index contributed by atoms with van der Waals surface area (Å²) in [6.45, 7) is 1.73. The van der Waals surface area contributed by atoms with Crippen LogP contribution >= 0.6 is 0 Å². The first-order chi connectivity index (χ1) is 9.63. The molecule has 0 aliphatic carbocycles. The highest BCUT2D eigenvalue weighted by Crippen LogP contribution is 2.20. The van der Waals surface area contributed by atoms with Crippen LogP contribution in [0.1, 0.15) is 18.9 Å². The number of H-pyrrole nitrogens is 1. The maximum atomic E-state index is 12.0. The molecule has 20 heavy (non-hydrogen) atoms. The SMILES string of the molecule is CC1CC(=O)NC(Cc2c[nH]c3ccccc23)C(=O)O1. The van der Waals surface area contributed by atoms with Gasteiger partial charge >= 0.3 is 5.97 Å². The second-order valence-electron chi connectivity index (χ2n) is 5.14. The summed E-state index contributed by atoms with van der Waals surface area (Å²) in [5.74, 6) is -0.512. The van der Waals surface area contributed by atoms with E-state index in [1.54, 1.807) is 6.92 Å². The van der Waals surface area contributed by atoms with Crippen molar-refractivity contribution in [1.29, 1.82) is 0 Å². The lowest BCUT2D eigenvalue weighted by molar-refractivity contribution is -0.149. The van der Waals surface area contributed by atoms with E-state index in [9.17, 15) is 9.59 Å². The fraction of sp³-hybridized carbons (Fsp3) is 0.333. The number of carbonyl (C=O) groups is 2. The van der Waals surface area contributed by atoms with Gasteiger partial charge in [-0.2, -0.15) is 0 Å². The van der Waals surface area contributed by atoms with Gasteiger partial charge in [0.05, 0.1) is 6.42 Å². The average Bonchev–Trinajstić information content (AvgIpc) is 2.75. The Balaban J connectivity index is 1.86. The zero-order valence-corrected chi connectivity index (χ0v) is 11.2. The van der Waals surface area contributed by atoms with Crippen LogP contribution in [0.2, 0.25) is 0 Å². The first kappa shape index (κ1) is 12.7. The standard InChI is InChI=1S/C15H16N2O3/c1-9-6-14(18)17-13(15(19)20-9)7-10-8-16-12-5-3-2-4-11(10)12/h2-5,8-9,13,16H,6-7H2,1H3,(H,17,18). The van der Waals surface area contributed by atoms with E-state index in [-0.39, 0.29) is 24.4 Å². The average molecular weight is 272 g/mol. The summed E-state index contributed by atoms with van der Waals surface area (Å²) in [6, 6.07) is 7.25. The fourth-order valence-electron chi connectivity index (χ4n) is 2.55. The van der Waals surface area contributed by atoms with E-state index < -0.39 is 6.04 Å². The molecular weight excluding hydrogens is 256 g/mol. The first-order valence-corrected chi connectivity index (χ1v) is 6.68. The molecule has 1 aliphatic rings. The van der Waals surface area contributed by atoms with Crippen molar-refractivity contribution in [2.24, 2.45) is 0 Å². The highest BCUT2D eigenvalue weighted by Gasteiger charge is 2.29. The Morgan fingerprint density at radius 2 is 2.10 bits per heavy atom. The summed E-state index contributed by atoms with van der Waals surface area (Å²) in [7, 11) is 0. The molecule has 5 heteroatoms. The summed E-state index contributed by atoms with van der Waals surface area (Å²) >= 11 is 0. The number of nitrogens with one attached hydrogen (secondary N) is 2. The van der Waals surface area contributed by atoms with E-state index in [1.807, 2.05) is 30.5 Å².